The third-order valence-corrected chi connectivity index (χ3v) is 12.5. The Labute approximate surface area is 233 Å². The van der Waals surface area contributed by atoms with E-state index in [4.69, 9.17) is 16.3 Å². The fourth-order valence-electron chi connectivity index (χ4n) is 5.00. The van der Waals surface area contributed by atoms with Crippen LogP contribution in [-0.2, 0) is 36.3 Å². The van der Waals surface area contributed by atoms with E-state index in [0.29, 0.717) is 22.6 Å². The van der Waals surface area contributed by atoms with Gasteiger partial charge in [0, 0.05) is 17.0 Å². The quantitative estimate of drug-likeness (QED) is 0.194. The average molecular weight is 581 g/mol. The zero-order valence-electron chi connectivity index (χ0n) is 21.0. The second-order valence-electron chi connectivity index (χ2n) is 9.34. The highest BCUT2D eigenvalue weighted by molar-refractivity contribution is 8.09. The first kappa shape index (κ1) is 27.1. The number of aryl methyl sites for hydroxylation is 1. The molecule has 1 aliphatic heterocycles. The fraction of sp³-hybridized carbons (Fsp3) is 0.167. The van der Waals surface area contributed by atoms with Crippen molar-refractivity contribution in [3.05, 3.63) is 125 Å². The van der Waals surface area contributed by atoms with E-state index in [-0.39, 0.29) is 15.5 Å². The van der Waals surface area contributed by atoms with Gasteiger partial charge in [0.25, 0.3) is 0 Å². The number of esters is 1. The normalized spacial score (nSPS) is 17.2. The zero-order chi connectivity index (χ0) is 27.8. The van der Waals surface area contributed by atoms with Crippen LogP contribution in [0, 0.1) is 0 Å². The molecule has 0 fully saturated rings. The summed E-state index contributed by atoms with van der Waals surface area (Å²) in [6.07, 6.45) is 0.0499. The highest BCUT2D eigenvalue weighted by atomic mass is 35.5. The fourth-order valence-corrected chi connectivity index (χ4v) is 9.74. The minimum absolute atomic E-state index is 0.158. The van der Waals surface area contributed by atoms with Crippen LogP contribution in [0.3, 0.4) is 0 Å². The van der Waals surface area contributed by atoms with Crippen LogP contribution in [0.15, 0.2) is 113 Å². The van der Waals surface area contributed by atoms with Crippen LogP contribution in [0.5, 0.6) is 5.75 Å². The number of fused-ring (bicyclic) bond motifs is 1. The first-order chi connectivity index (χ1) is 18.6. The number of halogens is 1. The number of rotatable bonds is 8. The van der Waals surface area contributed by atoms with Crippen LogP contribution in [0.4, 0.5) is 0 Å². The molecule has 0 aromatic heterocycles. The second-order valence-corrected chi connectivity index (χ2v) is 14.3. The summed E-state index contributed by atoms with van der Waals surface area (Å²) in [5.41, 5.74) is -0.0238. The van der Waals surface area contributed by atoms with Gasteiger partial charge < -0.3 is 4.74 Å². The molecule has 9 heteroatoms. The largest absolute Gasteiger partial charge is 0.425 e. The maximum absolute atomic E-state index is 14.2. The number of hydrogen-bond acceptors (Lipinski definition) is 6. The van der Waals surface area contributed by atoms with Crippen molar-refractivity contribution in [2.75, 3.05) is 0 Å². The number of benzene rings is 4. The molecule has 0 spiro atoms. The summed E-state index contributed by atoms with van der Waals surface area (Å²) < 4.78 is 60.3. The molecular weight excluding hydrogens is 556 g/mol. The van der Waals surface area contributed by atoms with Crippen molar-refractivity contribution in [2.24, 2.45) is 0 Å². The lowest BCUT2D eigenvalue weighted by Gasteiger charge is -2.31. The molecule has 4 aromatic carbocycles. The standard InChI is InChI=1S/C30H25ClO6S2/c1-2-21-13-18-27-26(19-21)30(29(32)37-27,22-14-16-23(31)17-15-22)20-28(38(33,34)24-9-5-3-6-10-24)39(35,36)25-11-7-4-8-12-25/h3-19,28H,2,20H2,1H3/t30-/m1/s1. The summed E-state index contributed by atoms with van der Waals surface area (Å²) in [6, 6.07) is 26.5. The minimum Gasteiger partial charge on any atom is -0.425 e. The van der Waals surface area contributed by atoms with Crippen molar-refractivity contribution < 1.29 is 26.4 Å². The van der Waals surface area contributed by atoms with Gasteiger partial charge >= 0.3 is 5.97 Å². The molecule has 1 aliphatic rings. The van der Waals surface area contributed by atoms with Gasteiger partial charge in [-0.2, -0.15) is 0 Å². The van der Waals surface area contributed by atoms with Gasteiger partial charge in [0.1, 0.15) is 11.2 Å². The van der Waals surface area contributed by atoms with E-state index in [9.17, 15) is 21.6 Å². The van der Waals surface area contributed by atoms with E-state index in [1.807, 2.05) is 13.0 Å². The molecule has 1 heterocycles. The summed E-state index contributed by atoms with van der Waals surface area (Å²) in [5, 5.41) is 0.410. The van der Waals surface area contributed by atoms with Gasteiger partial charge in [-0.3, -0.25) is 4.79 Å². The van der Waals surface area contributed by atoms with Gasteiger partial charge in [0.05, 0.1) is 9.79 Å². The minimum atomic E-state index is -4.51. The van der Waals surface area contributed by atoms with E-state index in [0.717, 1.165) is 5.56 Å². The maximum atomic E-state index is 14.2. The molecule has 0 unspecified atom stereocenters. The Bertz CT molecular complexity index is 1670. The van der Waals surface area contributed by atoms with Crippen LogP contribution >= 0.6 is 11.6 Å². The van der Waals surface area contributed by atoms with Crippen molar-refractivity contribution in [3.8, 4) is 5.75 Å². The molecule has 0 N–H and O–H groups in total. The summed E-state index contributed by atoms with van der Waals surface area (Å²) in [4.78, 5) is 13.5. The number of ether oxygens (including phenoxy) is 1. The van der Waals surface area contributed by atoms with Crippen molar-refractivity contribution >= 4 is 37.2 Å². The smallest absolute Gasteiger partial charge is 0.326 e. The van der Waals surface area contributed by atoms with Gasteiger partial charge in [-0.15, -0.1) is 0 Å². The van der Waals surface area contributed by atoms with Crippen molar-refractivity contribution in [1.82, 2.24) is 0 Å². The van der Waals surface area contributed by atoms with Crippen LogP contribution in [0.1, 0.15) is 30.0 Å². The monoisotopic (exact) mass is 580 g/mol. The Morgan fingerprint density at radius 2 is 1.31 bits per heavy atom. The number of carbonyl (C=O) groups is 1. The first-order valence-corrected chi connectivity index (χ1v) is 15.8. The summed E-state index contributed by atoms with van der Waals surface area (Å²) in [7, 11) is -9.02. The zero-order valence-corrected chi connectivity index (χ0v) is 23.3. The molecule has 0 amide bonds. The summed E-state index contributed by atoms with van der Waals surface area (Å²) >= 11 is 6.15. The molecular formula is C30H25ClO6S2. The highest BCUT2D eigenvalue weighted by Crippen LogP contribution is 2.50. The van der Waals surface area contributed by atoms with Crippen LogP contribution in [-0.4, -0.2) is 27.4 Å². The summed E-state index contributed by atoms with van der Waals surface area (Å²) in [5.74, 6) is -0.482. The highest BCUT2D eigenvalue weighted by Gasteiger charge is 2.56. The van der Waals surface area contributed by atoms with Crippen molar-refractivity contribution in [3.63, 3.8) is 0 Å². The molecule has 0 saturated heterocycles. The van der Waals surface area contributed by atoms with Gasteiger partial charge in [-0.05, 0) is 60.0 Å². The average Bonchev–Trinajstić information content (AvgIpc) is 3.23. The van der Waals surface area contributed by atoms with E-state index in [1.54, 1.807) is 48.5 Å². The van der Waals surface area contributed by atoms with Gasteiger partial charge in [0.15, 0.2) is 24.3 Å². The lowest BCUT2D eigenvalue weighted by Crippen LogP contribution is -2.43. The van der Waals surface area contributed by atoms with E-state index in [2.05, 4.69) is 0 Å². The molecule has 0 bridgehead atoms. The predicted molar refractivity (Wildman–Crippen MR) is 149 cm³/mol. The molecule has 4 aromatic rings. The second kappa shape index (κ2) is 10.3. The maximum Gasteiger partial charge on any atom is 0.326 e. The molecule has 5 rings (SSSR count). The summed E-state index contributed by atoms with van der Waals surface area (Å²) in [6.45, 7) is 1.95. The SMILES string of the molecule is CCc1ccc2c(c1)[C@@](CC(S(=O)(=O)c1ccccc1)S(=O)(=O)c1ccccc1)(c1ccc(Cl)cc1)C(=O)O2. The molecule has 200 valence electrons. The van der Waals surface area contributed by atoms with Crippen LogP contribution < -0.4 is 4.74 Å². The Hall–Kier alpha value is -3.46. The van der Waals surface area contributed by atoms with Gasteiger partial charge in [0.2, 0.25) is 0 Å². The molecule has 0 saturated carbocycles. The molecule has 0 radical (unpaired) electrons. The number of carbonyl (C=O) groups excluding carboxylic acids is 1. The first-order valence-electron chi connectivity index (χ1n) is 12.3. The Morgan fingerprint density at radius 3 is 1.82 bits per heavy atom. The molecule has 39 heavy (non-hydrogen) atoms. The Balaban J connectivity index is 1.81. The molecule has 0 aliphatic carbocycles. The van der Waals surface area contributed by atoms with E-state index >= 15 is 0 Å². The van der Waals surface area contributed by atoms with Gasteiger partial charge in [-0.1, -0.05) is 79.2 Å². The van der Waals surface area contributed by atoms with E-state index in [1.165, 1.54) is 48.5 Å². The third-order valence-electron chi connectivity index (χ3n) is 7.11. The molecule has 6 nitrogen and oxygen atoms in total. The Kier molecular flexibility index (Phi) is 7.13. The predicted octanol–water partition coefficient (Wildman–Crippen LogP) is 5.77. The number of hydrogen-bond donors (Lipinski definition) is 0. The van der Waals surface area contributed by atoms with Crippen LogP contribution in [0.2, 0.25) is 5.02 Å². The van der Waals surface area contributed by atoms with Crippen molar-refractivity contribution in [1.29, 1.82) is 0 Å². The van der Waals surface area contributed by atoms with Crippen LogP contribution in [0.25, 0.3) is 0 Å². The topological polar surface area (TPSA) is 94.6 Å². The third kappa shape index (κ3) is 4.67. The van der Waals surface area contributed by atoms with Crippen molar-refractivity contribution in [2.45, 2.75) is 39.6 Å². The Morgan fingerprint density at radius 1 is 0.769 bits per heavy atom. The number of sulfone groups is 2. The lowest BCUT2D eigenvalue weighted by atomic mass is 9.73. The van der Waals surface area contributed by atoms with E-state index < -0.39 is 42.1 Å². The lowest BCUT2D eigenvalue weighted by molar-refractivity contribution is -0.137. The molecule has 1 atom stereocenters. The van der Waals surface area contributed by atoms with Gasteiger partial charge in [-0.25, -0.2) is 16.8 Å².